The van der Waals surface area contributed by atoms with Crippen molar-refractivity contribution in [2.45, 2.75) is 6.54 Å². The Hall–Kier alpha value is -2.43. The zero-order valence-electron chi connectivity index (χ0n) is 9.56. The zero-order chi connectivity index (χ0) is 12.8. The lowest BCUT2D eigenvalue weighted by Gasteiger charge is -2.07. The molecular weight excluding hydrogens is 233 g/mol. The number of nitrogens with zero attached hydrogens (tertiary/aromatic N) is 1. The number of benzene rings is 1. The summed E-state index contributed by atoms with van der Waals surface area (Å²) in [5.74, 6) is -0.318. The fourth-order valence-corrected chi connectivity index (χ4v) is 1.44. The van der Waals surface area contributed by atoms with Gasteiger partial charge < -0.3 is 10.6 Å². The Morgan fingerprint density at radius 3 is 2.89 bits per heavy atom. The summed E-state index contributed by atoms with van der Waals surface area (Å²) >= 11 is 0. The van der Waals surface area contributed by atoms with Crippen LogP contribution in [0.25, 0.3) is 0 Å². The number of hydrogen-bond acceptors (Lipinski definition) is 2. The van der Waals surface area contributed by atoms with E-state index in [0.717, 1.165) is 0 Å². The van der Waals surface area contributed by atoms with Crippen LogP contribution in [0.5, 0.6) is 0 Å². The van der Waals surface area contributed by atoms with Gasteiger partial charge in [0.15, 0.2) is 0 Å². The second-order valence-electron chi connectivity index (χ2n) is 3.68. The number of aromatic nitrogens is 1. The first-order valence-corrected chi connectivity index (χ1v) is 5.43. The number of rotatable bonds is 3. The molecule has 0 aliphatic carbocycles. The van der Waals surface area contributed by atoms with E-state index in [0.29, 0.717) is 11.3 Å². The van der Waals surface area contributed by atoms with Gasteiger partial charge in [0, 0.05) is 12.7 Å². The van der Waals surface area contributed by atoms with Crippen LogP contribution in [-0.4, -0.2) is 11.0 Å². The fourth-order valence-electron chi connectivity index (χ4n) is 1.44. The van der Waals surface area contributed by atoms with Crippen molar-refractivity contribution in [2.75, 3.05) is 5.32 Å². The number of anilines is 1. The Kier molecular flexibility index (Phi) is 3.86. The molecule has 1 aromatic carbocycles. The van der Waals surface area contributed by atoms with Gasteiger partial charge in [0.1, 0.15) is 5.82 Å². The number of pyridine rings is 1. The van der Waals surface area contributed by atoms with Crippen LogP contribution in [0.15, 0.2) is 48.8 Å². The van der Waals surface area contributed by atoms with Gasteiger partial charge in [0.25, 0.3) is 0 Å². The maximum atomic E-state index is 12.9. The summed E-state index contributed by atoms with van der Waals surface area (Å²) < 4.78 is 12.9. The van der Waals surface area contributed by atoms with Gasteiger partial charge in [-0.2, -0.15) is 0 Å². The highest BCUT2D eigenvalue weighted by Gasteiger charge is 2.01. The van der Waals surface area contributed by atoms with Gasteiger partial charge in [-0.05, 0) is 29.8 Å². The Morgan fingerprint density at radius 1 is 1.28 bits per heavy atom. The number of nitrogens with one attached hydrogen (secondary N) is 2. The van der Waals surface area contributed by atoms with Gasteiger partial charge in [0.05, 0.1) is 11.9 Å². The minimum absolute atomic E-state index is 0.268. The van der Waals surface area contributed by atoms with Crippen molar-refractivity contribution in [2.24, 2.45) is 0 Å². The van der Waals surface area contributed by atoms with Crippen molar-refractivity contribution in [3.8, 4) is 0 Å². The standard InChI is InChI=1S/C13H12FN3O/c14-11-4-1-3-10(7-11)8-16-13(18)17-12-5-2-6-15-9-12/h1-7,9H,8H2,(H2,16,17,18). The summed E-state index contributed by atoms with van der Waals surface area (Å²) in [6.07, 6.45) is 3.16. The average molecular weight is 245 g/mol. The molecule has 18 heavy (non-hydrogen) atoms. The van der Waals surface area contributed by atoms with E-state index in [1.165, 1.54) is 12.1 Å². The highest BCUT2D eigenvalue weighted by molar-refractivity contribution is 5.88. The van der Waals surface area contributed by atoms with Gasteiger partial charge >= 0.3 is 6.03 Å². The quantitative estimate of drug-likeness (QED) is 0.873. The summed E-state index contributed by atoms with van der Waals surface area (Å²) in [5, 5.41) is 5.25. The Bertz CT molecular complexity index is 531. The molecule has 1 heterocycles. The van der Waals surface area contributed by atoms with Gasteiger partial charge in [-0.15, -0.1) is 0 Å². The Labute approximate surface area is 104 Å². The fraction of sp³-hybridized carbons (Fsp3) is 0.0769. The number of amides is 2. The van der Waals surface area contributed by atoms with Crippen molar-refractivity contribution >= 4 is 11.7 Å². The molecule has 5 heteroatoms. The summed E-state index contributed by atoms with van der Waals surface area (Å²) in [6.45, 7) is 0.268. The van der Waals surface area contributed by atoms with E-state index in [-0.39, 0.29) is 18.4 Å². The molecule has 0 aliphatic heterocycles. The van der Waals surface area contributed by atoms with E-state index in [4.69, 9.17) is 0 Å². The lowest BCUT2D eigenvalue weighted by molar-refractivity contribution is 0.251. The van der Waals surface area contributed by atoms with E-state index >= 15 is 0 Å². The topological polar surface area (TPSA) is 54.0 Å². The van der Waals surface area contributed by atoms with Crippen molar-refractivity contribution in [1.29, 1.82) is 0 Å². The number of carbonyl (C=O) groups is 1. The smallest absolute Gasteiger partial charge is 0.319 e. The molecule has 1 aromatic heterocycles. The molecule has 0 spiro atoms. The van der Waals surface area contributed by atoms with Crippen LogP contribution in [0.4, 0.5) is 14.9 Å². The molecule has 0 bridgehead atoms. The average Bonchev–Trinajstić information content (AvgIpc) is 2.38. The number of halogens is 1. The van der Waals surface area contributed by atoms with Crippen LogP contribution in [0.2, 0.25) is 0 Å². The molecule has 2 aromatic rings. The Morgan fingerprint density at radius 2 is 2.17 bits per heavy atom. The van der Waals surface area contributed by atoms with E-state index in [1.807, 2.05) is 0 Å². The number of carbonyl (C=O) groups excluding carboxylic acids is 1. The second-order valence-corrected chi connectivity index (χ2v) is 3.68. The predicted octanol–water partition coefficient (Wildman–Crippen LogP) is 2.54. The van der Waals surface area contributed by atoms with Gasteiger partial charge in [-0.1, -0.05) is 12.1 Å². The first-order valence-electron chi connectivity index (χ1n) is 5.43. The normalized spacial score (nSPS) is 9.83. The molecule has 92 valence electrons. The minimum atomic E-state index is -0.354. The molecule has 0 atom stereocenters. The van der Waals surface area contributed by atoms with Crippen LogP contribution in [-0.2, 0) is 6.54 Å². The largest absolute Gasteiger partial charge is 0.334 e. The van der Waals surface area contributed by atoms with Crippen LogP contribution in [0.1, 0.15) is 5.56 Å². The van der Waals surface area contributed by atoms with Crippen LogP contribution in [0.3, 0.4) is 0 Å². The third kappa shape index (κ3) is 3.55. The molecule has 0 fully saturated rings. The minimum Gasteiger partial charge on any atom is -0.334 e. The summed E-state index contributed by atoms with van der Waals surface area (Å²) in [6, 6.07) is 9.19. The molecular formula is C13H12FN3O. The van der Waals surface area contributed by atoms with E-state index in [9.17, 15) is 9.18 Å². The lowest BCUT2D eigenvalue weighted by Crippen LogP contribution is -2.28. The first kappa shape index (κ1) is 12.0. The molecule has 0 saturated heterocycles. The van der Waals surface area contributed by atoms with Crippen molar-refractivity contribution < 1.29 is 9.18 Å². The molecule has 2 amide bonds. The van der Waals surface area contributed by atoms with Crippen molar-refractivity contribution in [3.63, 3.8) is 0 Å². The molecule has 0 saturated carbocycles. The highest BCUT2D eigenvalue weighted by atomic mass is 19.1. The Balaban J connectivity index is 1.85. The molecule has 4 nitrogen and oxygen atoms in total. The van der Waals surface area contributed by atoms with Crippen LogP contribution in [0, 0.1) is 5.82 Å². The molecule has 0 aliphatic rings. The van der Waals surface area contributed by atoms with Crippen molar-refractivity contribution in [1.82, 2.24) is 10.3 Å². The van der Waals surface area contributed by atoms with E-state index < -0.39 is 0 Å². The predicted molar refractivity (Wildman–Crippen MR) is 66.5 cm³/mol. The molecule has 0 radical (unpaired) electrons. The van der Waals surface area contributed by atoms with Crippen molar-refractivity contribution in [3.05, 3.63) is 60.2 Å². The van der Waals surface area contributed by atoms with Gasteiger partial charge in [-0.3, -0.25) is 4.98 Å². The second kappa shape index (κ2) is 5.77. The maximum absolute atomic E-state index is 12.9. The first-order chi connectivity index (χ1) is 8.74. The number of hydrogen-bond donors (Lipinski definition) is 2. The van der Waals surface area contributed by atoms with Gasteiger partial charge in [-0.25, -0.2) is 9.18 Å². The molecule has 0 unspecified atom stereocenters. The SMILES string of the molecule is O=C(NCc1cccc(F)c1)Nc1cccnc1. The third-order valence-electron chi connectivity index (χ3n) is 2.26. The zero-order valence-corrected chi connectivity index (χ0v) is 9.56. The van der Waals surface area contributed by atoms with Crippen LogP contribution < -0.4 is 10.6 Å². The summed E-state index contributed by atoms with van der Waals surface area (Å²) in [5.41, 5.74) is 1.31. The van der Waals surface area contributed by atoms with Crippen LogP contribution >= 0.6 is 0 Å². The highest BCUT2D eigenvalue weighted by Crippen LogP contribution is 2.04. The monoisotopic (exact) mass is 245 g/mol. The van der Waals surface area contributed by atoms with E-state index in [2.05, 4.69) is 15.6 Å². The number of urea groups is 1. The van der Waals surface area contributed by atoms with Gasteiger partial charge in [0.2, 0.25) is 0 Å². The third-order valence-corrected chi connectivity index (χ3v) is 2.26. The summed E-state index contributed by atoms with van der Waals surface area (Å²) in [4.78, 5) is 15.4. The summed E-state index contributed by atoms with van der Waals surface area (Å²) in [7, 11) is 0. The molecule has 2 N–H and O–H groups in total. The maximum Gasteiger partial charge on any atom is 0.319 e. The molecule has 2 rings (SSSR count). The lowest BCUT2D eigenvalue weighted by atomic mass is 10.2. The van der Waals surface area contributed by atoms with E-state index in [1.54, 1.807) is 36.7 Å².